The summed E-state index contributed by atoms with van der Waals surface area (Å²) in [6, 6.07) is 1.71. The largest absolute Gasteiger partial charge is 0.586 e. The molecule has 0 radical (unpaired) electrons. The Balaban J connectivity index is 0.00000161. The second kappa shape index (κ2) is 4.83. The standard InChI is InChI=1S/C11H7F4NO4.ClH/c12-10(13)4-18-9(17)16-8(10)5-2-1-3-6-7(5)20-11(14,15)19-6;/h1-3,8H,4H2,(H,16,17);1H/t8-;/m0./s1. The molecule has 2 heterocycles. The molecule has 1 aromatic carbocycles. The highest BCUT2D eigenvalue weighted by molar-refractivity contribution is 5.85. The minimum atomic E-state index is -3.93. The van der Waals surface area contributed by atoms with Crippen molar-refractivity contribution in [3.63, 3.8) is 0 Å². The van der Waals surface area contributed by atoms with E-state index in [1.165, 1.54) is 6.07 Å². The Morgan fingerprint density at radius 2 is 1.90 bits per heavy atom. The Morgan fingerprint density at radius 1 is 1.19 bits per heavy atom. The van der Waals surface area contributed by atoms with Gasteiger partial charge in [-0.15, -0.1) is 21.2 Å². The molecule has 10 heteroatoms. The second-order valence-corrected chi connectivity index (χ2v) is 4.26. The molecule has 0 bridgehead atoms. The molecule has 3 rings (SSSR count). The molecule has 116 valence electrons. The van der Waals surface area contributed by atoms with Crippen LogP contribution in [0.2, 0.25) is 0 Å². The number of rotatable bonds is 1. The van der Waals surface area contributed by atoms with Gasteiger partial charge >= 0.3 is 18.3 Å². The van der Waals surface area contributed by atoms with Crippen LogP contribution in [0.25, 0.3) is 0 Å². The fourth-order valence-corrected chi connectivity index (χ4v) is 2.03. The maximum atomic E-state index is 13.8. The minimum absolute atomic E-state index is 0. The molecule has 2 aliphatic rings. The predicted molar refractivity (Wildman–Crippen MR) is 62.1 cm³/mol. The lowest BCUT2D eigenvalue weighted by Crippen LogP contribution is -2.49. The number of alkyl carbamates (subject to hydrolysis) is 1. The summed E-state index contributed by atoms with van der Waals surface area (Å²) in [5.41, 5.74) is -0.304. The third kappa shape index (κ3) is 2.65. The molecule has 5 nitrogen and oxygen atoms in total. The Morgan fingerprint density at radius 3 is 2.62 bits per heavy atom. The highest BCUT2D eigenvalue weighted by Gasteiger charge is 2.51. The number of halogens is 5. The van der Waals surface area contributed by atoms with Crippen molar-refractivity contribution in [3.8, 4) is 11.5 Å². The average Bonchev–Trinajstić information content (AvgIpc) is 2.66. The first-order valence-corrected chi connectivity index (χ1v) is 5.48. The van der Waals surface area contributed by atoms with Crippen LogP contribution in [-0.4, -0.2) is 24.9 Å². The quantitative estimate of drug-likeness (QED) is 0.805. The third-order valence-electron chi connectivity index (χ3n) is 2.85. The molecule has 0 spiro atoms. The summed E-state index contributed by atoms with van der Waals surface area (Å²) < 4.78 is 66.1. The van der Waals surface area contributed by atoms with Gasteiger partial charge in [-0.05, 0) is 6.07 Å². The molecule has 1 amide bonds. The van der Waals surface area contributed by atoms with Gasteiger partial charge in [-0.25, -0.2) is 13.6 Å². The lowest BCUT2D eigenvalue weighted by Gasteiger charge is -2.32. The van der Waals surface area contributed by atoms with E-state index in [1.54, 1.807) is 0 Å². The number of alkyl halides is 4. The number of amides is 1. The number of para-hydroxylation sites is 1. The summed E-state index contributed by atoms with van der Waals surface area (Å²) in [6.07, 6.45) is -4.99. The maximum absolute atomic E-state index is 13.8. The number of ether oxygens (including phenoxy) is 3. The van der Waals surface area contributed by atoms with Crippen LogP contribution in [0.4, 0.5) is 22.4 Å². The first-order valence-electron chi connectivity index (χ1n) is 5.48. The molecular weight excluding hydrogens is 322 g/mol. The van der Waals surface area contributed by atoms with Crippen LogP contribution in [0.5, 0.6) is 11.5 Å². The number of benzene rings is 1. The Labute approximate surface area is 121 Å². The van der Waals surface area contributed by atoms with Crippen LogP contribution in [0.1, 0.15) is 11.6 Å². The smallest absolute Gasteiger partial charge is 0.443 e. The summed E-state index contributed by atoms with van der Waals surface area (Å²) in [6.45, 7) is -1.15. The van der Waals surface area contributed by atoms with Crippen LogP contribution in [0.15, 0.2) is 18.2 Å². The van der Waals surface area contributed by atoms with Gasteiger partial charge in [0.25, 0.3) is 0 Å². The lowest BCUT2D eigenvalue weighted by molar-refractivity contribution is -0.287. The second-order valence-electron chi connectivity index (χ2n) is 4.26. The molecule has 1 saturated heterocycles. The zero-order valence-corrected chi connectivity index (χ0v) is 10.9. The molecule has 1 N–H and O–H groups in total. The number of cyclic esters (lactones) is 1. The van der Waals surface area contributed by atoms with Crippen LogP contribution in [-0.2, 0) is 4.74 Å². The Kier molecular flexibility index (Phi) is 3.56. The van der Waals surface area contributed by atoms with Crippen molar-refractivity contribution in [2.24, 2.45) is 0 Å². The molecule has 0 aromatic heterocycles. The van der Waals surface area contributed by atoms with Gasteiger partial charge in [0.2, 0.25) is 0 Å². The Hall–Kier alpha value is -1.90. The molecule has 1 fully saturated rings. The van der Waals surface area contributed by atoms with E-state index >= 15 is 0 Å². The van der Waals surface area contributed by atoms with E-state index in [2.05, 4.69) is 14.2 Å². The summed E-state index contributed by atoms with van der Waals surface area (Å²) in [5, 5.41) is 1.89. The van der Waals surface area contributed by atoms with Crippen molar-refractivity contribution in [1.29, 1.82) is 0 Å². The van der Waals surface area contributed by atoms with Gasteiger partial charge in [0.05, 0.1) is 0 Å². The maximum Gasteiger partial charge on any atom is 0.586 e. The fraction of sp³-hybridized carbons (Fsp3) is 0.364. The van der Waals surface area contributed by atoms with E-state index in [1.807, 2.05) is 5.32 Å². The summed E-state index contributed by atoms with van der Waals surface area (Å²) in [4.78, 5) is 11.1. The monoisotopic (exact) mass is 329 g/mol. The zero-order valence-electron chi connectivity index (χ0n) is 10.1. The number of nitrogens with one attached hydrogen (secondary N) is 1. The SMILES string of the molecule is Cl.O=C1N[C@@H](c2cccc3c2OC(F)(F)O3)C(F)(F)CO1. The molecule has 1 aromatic rings. The average molecular weight is 330 g/mol. The highest BCUT2D eigenvalue weighted by atomic mass is 35.5. The number of hydrogen-bond acceptors (Lipinski definition) is 4. The van der Waals surface area contributed by atoms with E-state index < -0.39 is 36.7 Å². The first kappa shape index (κ1) is 15.5. The molecule has 2 aliphatic heterocycles. The van der Waals surface area contributed by atoms with E-state index in [0.29, 0.717) is 0 Å². The van der Waals surface area contributed by atoms with Crippen molar-refractivity contribution >= 4 is 18.5 Å². The van der Waals surface area contributed by atoms with Crippen molar-refractivity contribution < 1.29 is 36.6 Å². The summed E-state index contributed by atoms with van der Waals surface area (Å²) in [5.74, 6) is -4.36. The van der Waals surface area contributed by atoms with E-state index in [-0.39, 0.29) is 23.7 Å². The molecule has 0 unspecified atom stereocenters. The van der Waals surface area contributed by atoms with E-state index in [9.17, 15) is 22.4 Å². The van der Waals surface area contributed by atoms with Crippen molar-refractivity contribution in [2.45, 2.75) is 18.3 Å². The van der Waals surface area contributed by atoms with E-state index in [0.717, 1.165) is 12.1 Å². The third-order valence-corrected chi connectivity index (χ3v) is 2.85. The van der Waals surface area contributed by atoms with Crippen LogP contribution < -0.4 is 14.8 Å². The Bertz CT molecular complexity index is 583. The lowest BCUT2D eigenvalue weighted by atomic mass is 9.99. The van der Waals surface area contributed by atoms with Gasteiger partial charge in [-0.2, -0.15) is 0 Å². The number of hydrogen-bond donors (Lipinski definition) is 1. The van der Waals surface area contributed by atoms with Gasteiger partial charge in [0.15, 0.2) is 18.1 Å². The van der Waals surface area contributed by atoms with Crippen molar-refractivity contribution in [2.75, 3.05) is 6.61 Å². The number of carbonyl (C=O) groups is 1. The van der Waals surface area contributed by atoms with Crippen LogP contribution >= 0.6 is 12.4 Å². The fourth-order valence-electron chi connectivity index (χ4n) is 2.03. The minimum Gasteiger partial charge on any atom is -0.443 e. The van der Waals surface area contributed by atoms with Crippen LogP contribution in [0.3, 0.4) is 0 Å². The normalized spacial score (nSPS) is 24.6. The van der Waals surface area contributed by atoms with Crippen LogP contribution in [0, 0.1) is 0 Å². The van der Waals surface area contributed by atoms with Gasteiger partial charge in [-0.1, -0.05) is 12.1 Å². The number of carbonyl (C=O) groups excluding carboxylic acids is 1. The molecule has 0 saturated carbocycles. The molecule has 21 heavy (non-hydrogen) atoms. The zero-order chi connectivity index (χ0) is 14.5. The topological polar surface area (TPSA) is 56.8 Å². The highest BCUT2D eigenvalue weighted by Crippen LogP contribution is 2.48. The van der Waals surface area contributed by atoms with Crippen molar-refractivity contribution in [1.82, 2.24) is 5.32 Å². The van der Waals surface area contributed by atoms with Gasteiger partial charge in [0, 0.05) is 5.56 Å². The van der Waals surface area contributed by atoms with Gasteiger partial charge in [-0.3, -0.25) is 0 Å². The molecule has 0 aliphatic carbocycles. The van der Waals surface area contributed by atoms with Gasteiger partial charge < -0.3 is 19.5 Å². The number of fused-ring (bicyclic) bond motifs is 1. The van der Waals surface area contributed by atoms with Crippen molar-refractivity contribution in [3.05, 3.63) is 23.8 Å². The molecule has 1 atom stereocenters. The summed E-state index contributed by atoms with van der Waals surface area (Å²) >= 11 is 0. The first-order chi connectivity index (χ1) is 9.28. The van der Waals surface area contributed by atoms with Gasteiger partial charge in [0.1, 0.15) is 6.04 Å². The predicted octanol–water partition coefficient (Wildman–Crippen LogP) is 2.85. The summed E-state index contributed by atoms with van der Waals surface area (Å²) in [7, 11) is 0. The molecular formula is C11H8ClF4NO4. The van der Waals surface area contributed by atoms with E-state index in [4.69, 9.17) is 0 Å².